The highest BCUT2D eigenvalue weighted by Crippen LogP contribution is 2.24. The zero-order valence-electron chi connectivity index (χ0n) is 10.9. The van der Waals surface area contributed by atoms with Crippen molar-refractivity contribution in [1.82, 2.24) is 0 Å². The van der Waals surface area contributed by atoms with Gasteiger partial charge in [-0.1, -0.05) is 38.0 Å². The Morgan fingerprint density at radius 1 is 1.28 bits per heavy atom. The average molecular weight is 263 g/mol. The van der Waals surface area contributed by atoms with E-state index in [2.05, 4.69) is 19.1 Å². The minimum absolute atomic E-state index is 0.00373. The van der Waals surface area contributed by atoms with Crippen LogP contribution < -0.4 is 5.73 Å². The summed E-state index contributed by atoms with van der Waals surface area (Å²) >= 11 is 1.92. The van der Waals surface area contributed by atoms with Crippen molar-refractivity contribution >= 4 is 22.7 Å². The van der Waals surface area contributed by atoms with E-state index in [1.165, 1.54) is 25.0 Å². The van der Waals surface area contributed by atoms with E-state index in [1.54, 1.807) is 0 Å². The second kappa shape index (κ2) is 6.86. The molecule has 0 saturated heterocycles. The van der Waals surface area contributed by atoms with Crippen molar-refractivity contribution < 1.29 is 4.42 Å². The molecule has 1 heterocycles. The van der Waals surface area contributed by atoms with Crippen LogP contribution in [0.2, 0.25) is 0 Å². The number of unbranched alkanes of at least 4 members (excludes halogenated alkanes) is 2. The molecule has 0 aliphatic carbocycles. The first-order valence-corrected chi connectivity index (χ1v) is 7.78. The highest BCUT2D eigenvalue weighted by atomic mass is 32.2. The lowest BCUT2D eigenvalue weighted by molar-refractivity contribution is 0.516. The summed E-state index contributed by atoms with van der Waals surface area (Å²) in [5.41, 5.74) is 7.09. The molecule has 0 aliphatic rings. The molecule has 1 unspecified atom stereocenters. The second-order valence-corrected chi connectivity index (χ2v) is 5.72. The van der Waals surface area contributed by atoms with Gasteiger partial charge in [-0.15, -0.1) is 0 Å². The fourth-order valence-electron chi connectivity index (χ4n) is 1.93. The summed E-state index contributed by atoms with van der Waals surface area (Å²) in [6, 6.07) is 10.1. The van der Waals surface area contributed by atoms with E-state index >= 15 is 0 Å². The van der Waals surface area contributed by atoms with Crippen molar-refractivity contribution in [3.05, 3.63) is 36.1 Å². The summed E-state index contributed by atoms with van der Waals surface area (Å²) in [6.07, 6.45) is 3.87. The van der Waals surface area contributed by atoms with Gasteiger partial charge in [0.2, 0.25) is 0 Å². The number of hydrogen-bond donors (Lipinski definition) is 1. The number of para-hydroxylation sites is 1. The van der Waals surface area contributed by atoms with Crippen molar-refractivity contribution in [3.8, 4) is 0 Å². The van der Waals surface area contributed by atoms with Crippen molar-refractivity contribution in [2.45, 2.75) is 32.2 Å². The molecule has 2 rings (SSSR count). The molecule has 0 fully saturated rings. The quantitative estimate of drug-likeness (QED) is 0.755. The Bertz CT molecular complexity index is 447. The number of hydrogen-bond acceptors (Lipinski definition) is 3. The Morgan fingerprint density at radius 2 is 2.11 bits per heavy atom. The fraction of sp³-hybridized carbons (Fsp3) is 0.467. The SMILES string of the molecule is CCCCCSCC(N)c1cc2ccccc2o1. The standard InChI is InChI=1S/C15H21NOS/c1-2-3-6-9-18-11-13(16)15-10-12-7-4-5-8-14(12)17-15/h4-5,7-8,10,13H,2-3,6,9,11,16H2,1H3. The minimum Gasteiger partial charge on any atom is -0.459 e. The minimum atomic E-state index is 0.00373. The van der Waals surface area contributed by atoms with Crippen LogP contribution >= 0.6 is 11.8 Å². The van der Waals surface area contributed by atoms with E-state index in [1.807, 2.05) is 30.0 Å². The van der Waals surface area contributed by atoms with Gasteiger partial charge in [0, 0.05) is 11.1 Å². The van der Waals surface area contributed by atoms with Gasteiger partial charge in [-0.05, 0) is 24.3 Å². The molecular weight excluding hydrogens is 242 g/mol. The molecule has 2 nitrogen and oxygen atoms in total. The number of nitrogens with two attached hydrogens (primary N) is 1. The van der Waals surface area contributed by atoms with Crippen molar-refractivity contribution in [3.63, 3.8) is 0 Å². The van der Waals surface area contributed by atoms with E-state index < -0.39 is 0 Å². The maximum atomic E-state index is 6.16. The van der Waals surface area contributed by atoms with Gasteiger partial charge in [0.15, 0.2) is 0 Å². The molecule has 0 saturated carbocycles. The van der Waals surface area contributed by atoms with E-state index in [9.17, 15) is 0 Å². The Hall–Kier alpha value is -0.930. The number of rotatable bonds is 7. The van der Waals surface area contributed by atoms with Gasteiger partial charge >= 0.3 is 0 Å². The molecule has 0 spiro atoms. The summed E-state index contributed by atoms with van der Waals surface area (Å²) in [5.74, 6) is 3.03. The molecule has 1 aromatic heterocycles. The molecule has 3 heteroatoms. The van der Waals surface area contributed by atoms with Crippen LogP contribution in [0.3, 0.4) is 0 Å². The Morgan fingerprint density at radius 3 is 2.89 bits per heavy atom. The van der Waals surface area contributed by atoms with Crippen LogP contribution in [0.4, 0.5) is 0 Å². The number of thioether (sulfide) groups is 1. The van der Waals surface area contributed by atoms with Crippen molar-refractivity contribution in [1.29, 1.82) is 0 Å². The van der Waals surface area contributed by atoms with Gasteiger partial charge < -0.3 is 10.2 Å². The maximum Gasteiger partial charge on any atom is 0.134 e. The third-order valence-corrected chi connectivity index (χ3v) is 4.17. The Kier molecular flexibility index (Phi) is 5.14. The summed E-state index contributed by atoms with van der Waals surface area (Å²) in [7, 11) is 0. The van der Waals surface area contributed by atoms with Gasteiger partial charge in [0.05, 0.1) is 6.04 Å². The Balaban J connectivity index is 1.86. The molecule has 2 aromatic rings. The number of benzene rings is 1. The summed E-state index contributed by atoms with van der Waals surface area (Å²) < 4.78 is 5.77. The first-order valence-electron chi connectivity index (χ1n) is 6.63. The summed E-state index contributed by atoms with van der Waals surface area (Å²) in [6.45, 7) is 2.23. The molecular formula is C15H21NOS. The van der Waals surface area contributed by atoms with E-state index in [0.29, 0.717) is 0 Å². The molecule has 0 bridgehead atoms. The molecule has 18 heavy (non-hydrogen) atoms. The molecule has 0 radical (unpaired) electrons. The molecule has 2 N–H and O–H groups in total. The van der Waals surface area contributed by atoms with Crippen molar-refractivity contribution in [2.75, 3.05) is 11.5 Å². The molecule has 1 aromatic carbocycles. The van der Waals surface area contributed by atoms with Crippen LogP contribution in [-0.2, 0) is 0 Å². The summed E-state index contributed by atoms with van der Waals surface area (Å²) in [4.78, 5) is 0. The van der Waals surface area contributed by atoms with E-state index in [4.69, 9.17) is 10.2 Å². The predicted octanol–water partition coefficient (Wildman–Crippen LogP) is 4.36. The zero-order valence-corrected chi connectivity index (χ0v) is 11.7. The normalized spacial score (nSPS) is 13.0. The molecule has 98 valence electrons. The smallest absolute Gasteiger partial charge is 0.134 e. The van der Waals surface area contributed by atoms with Crippen LogP contribution in [0, 0.1) is 0 Å². The molecule has 0 aliphatic heterocycles. The lowest BCUT2D eigenvalue weighted by Crippen LogP contribution is -2.12. The first kappa shape index (κ1) is 13.5. The first-order chi connectivity index (χ1) is 8.81. The fourth-order valence-corrected chi connectivity index (χ4v) is 2.92. The van der Waals surface area contributed by atoms with Crippen LogP contribution in [0.15, 0.2) is 34.7 Å². The zero-order chi connectivity index (χ0) is 12.8. The highest BCUT2D eigenvalue weighted by molar-refractivity contribution is 7.99. The number of furan rings is 1. The predicted molar refractivity (Wildman–Crippen MR) is 80.0 cm³/mol. The molecule has 1 atom stereocenters. The highest BCUT2D eigenvalue weighted by Gasteiger charge is 2.11. The Labute approximate surface area is 113 Å². The lowest BCUT2D eigenvalue weighted by Gasteiger charge is -2.07. The number of fused-ring (bicyclic) bond motifs is 1. The van der Waals surface area contributed by atoms with Crippen LogP contribution in [0.5, 0.6) is 0 Å². The second-order valence-electron chi connectivity index (χ2n) is 4.58. The topological polar surface area (TPSA) is 39.2 Å². The maximum absolute atomic E-state index is 6.16. The van der Waals surface area contributed by atoms with Crippen LogP contribution in [0.25, 0.3) is 11.0 Å². The monoisotopic (exact) mass is 263 g/mol. The lowest BCUT2D eigenvalue weighted by atomic mass is 10.2. The third kappa shape index (κ3) is 3.53. The largest absolute Gasteiger partial charge is 0.459 e. The average Bonchev–Trinajstić information content (AvgIpc) is 2.82. The van der Waals surface area contributed by atoms with Gasteiger partial charge in [0.1, 0.15) is 11.3 Å². The molecule has 0 amide bonds. The van der Waals surface area contributed by atoms with E-state index in [-0.39, 0.29) is 6.04 Å². The summed E-state index contributed by atoms with van der Waals surface area (Å²) in [5, 5.41) is 1.14. The third-order valence-electron chi connectivity index (χ3n) is 3.00. The van der Waals surface area contributed by atoms with Crippen molar-refractivity contribution in [2.24, 2.45) is 5.73 Å². The van der Waals surface area contributed by atoms with Gasteiger partial charge in [0.25, 0.3) is 0 Å². The van der Waals surface area contributed by atoms with Gasteiger partial charge in [-0.25, -0.2) is 0 Å². The van der Waals surface area contributed by atoms with Gasteiger partial charge in [-0.3, -0.25) is 0 Å². The van der Waals surface area contributed by atoms with Gasteiger partial charge in [-0.2, -0.15) is 11.8 Å². The van der Waals surface area contributed by atoms with E-state index in [0.717, 1.165) is 22.5 Å². The van der Waals surface area contributed by atoms with Crippen LogP contribution in [-0.4, -0.2) is 11.5 Å². The van der Waals surface area contributed by atoms with Crippen LogP contribution in [0.1, 0.15) is 38.0 Å².